The molecule has 1 amide bonds. The number of benzene rings is 2. The molecule has 0 aromatic heterocycles. The number of amides is 1. The highest BCUT2D eigenvalue weighted by molar-refractivity contribution is 5.92. The van der Waals surface area contributed by atoms with Gasteiger partial charge in [0.15, 0.2) is 0 Å². The molecule has 6 heteroatoms. The molecule has 1 fully saturated rings. The summed E-state index contributed by atoms with van der Waals surface area (Å²) in [4.78, 5) is 17.0. The van der Waals surface area contributed by atoms with Crippen LogP contribution in [0.5, 0.6) is 11.5 Å². The summed E-state index contributed by atoms with van der Waals surface area (Å²) in [6, 6.07) is 13.7. The Labute approximate surface area is 167 Å². The molecule has 1 N–H and O–H groups in total. The topological polar surface area (TPSA) is 54.0 Å². The van der Waals surface area contributed by atoms with Crippen molar-refractivity contribution in [2.24, 2.45) is 0 Å². The molecule has 2 aromatic carbocycles. The molecule has 1 heterocycles. The van der Waals surface area contributed by atoms with Crippen molar-refractivity contribution < 1.29 is 14.3 Å². The maximum atomic E-state index is 12.4. The first kappa shape index (κ1) is 20.2. The SMILES string of the molecule is COc1cccc(NC(=O)CN2CCN(Cc3cc(C)ccc3OC)CC2)c1. The van der Waals surface area contributed by atoms with Gasteiger partial charge >= 0.3 is 0 Å². The van der Waals surface area contributed by atoms with Gasteiger partial charge in [0, 0.05) is 50.0 Å². The summed E-state index contributed by atoms with van der Waals surface area (Å²) < 4.78 is 10.7. The Hall–Kier alpha value is -2.57. The van der Waals surface area contributed by atoms with E-state index < -0.39 is 0 Å². The van der Waals surface area contributed by atoms with Crippen molar-refractivity contribution in [3.05, 3.63) is 53.6 Å². The van der Waals surface area contributed by atoms with Gasteiger partial charge in [-0.25, -0.2) is 0 Å². The van der Waals surface area contributed by atoms with Crippen molar-refractivity contribution in [1.29, 1.82) is 0 Å². The zero-order chi connectivity index (χ0) is 19.9. The van der Waals surface area contributed by atoms with E-state index in [1.54, 1.807) is 14.2 Å². The van der Waals surface area contributed by atoms with Crippen molar-refractivity contribution in [2.75, 3.05) is 52.3 Å². The van der Waals surface area contributed by atoms with Crippen LogP contribution in [0.15, 0.2) is 42.5 Å². The molecule has 0 saturated carbocycles. The van der Waals surface area contributed by atoms with E-state index >= 15 is 0 Å². The van der Waals surface area contributed by atoms with Gasteiger partial charge in [-0.3, -0.25) is 14.6 Å². The van der Waals surface area contributed by atoms with Crippen LogP contribution in [0.25, 0.3) is 0 Å². The van der Waals surface area contributed by atoms with E-state index in [4.69, 9.17) is 9.47 Å². The minimum absolute atomic E-state index is 0.00190. The molecule has 6 nitrogen and oxygen atoms in total. The minimum Gasteiger partial charge on any atom is -0.497 e. The van der Waals surface area contributed by atoms with Crippen molar-refractivity contribution >= 4 is 11.6 Å². The van der Waals surface area contributed by atoms with E-state index in [2.05, 4.69) is 34.2 Å². The maximum absolute atomic E-state index is 12.4. The summed E-state index contributed by atoms with van der Waals surface area (Å²) in [5.41, 5.74) is 3.21. The molecule has 0 atom stereocenters. The van der Waals surface area contributed by atoms with Gasteiger partial charge in [-0.15, -0.1) is 0 Å². The third kappa shape index (κ3) is 5.47. The van der Waals surface area contributed by atoms with E-state index in [-0.39, 0.29) is 5.91 Å². The number of anilines is 1. The van der Waals surface area contributed by atoms with Crippen LogP contribution in [0.1, 0.15) is 11.1 Å². The number of piperazine rings is 1. The first-order valence-electron chi connectivity index (χ1n) is 9.59. The lowest BCUT2D eigenvalue weighted by Gasteiger charge is -2.34. The van der Waals surface area contributed by atoms with Crippen molar-refractivity contribution in [1.82, 2.24) is 9.80 Å². The normalized spacial score (nSPS) is 15.2. The molecule has 0 bridgehead atoms. The minimum atomic E-state index is 0.00190. The van der Waals surface area contributed by atoms with Crippen LogP contribution < -0.4 is 14.8 Å². The van der Waals surface area contributed by atoms with Crippen LogP contribution in [-0.2, 0) is 11.3 Å². The van der Waals surface area contributed by atoms with Crippen LogP contribution in [0.2, 0.25) is 0 Å². The van der Waals surface area contributed by atoms with Gasteiger partial charge in [0.25, 0.3) is 0 Å². The molecule has 0 unspecified atom stereocenters. The molecule has 1 aliphatic heterocycles. The average Bonchev–Trinajstić information content (AvgIpc) is 2.70. The molecule has 0 aliphatic carbocycles. The number of aryl methyl sites for hydroxylation is 1. The zero-order valence-electron chi connectivity index (χ0n) is 16.9. The fourth-order valence-corrected chi connectivity index (χ4v) is 3.48. The molecule has 3 rings (SSSR count). The van der Waals surface area contributed by atoms with Crippen LogP contribution in [0, 0.1) is 6.92 Å². The molecule has 2 aromatic rings. The van der Waals surface area contributed by atoms with E-state index in [0.29, 0.717) is 6.54 Å². The van der Waals surface area contributed by atoms with Gasteiger partial charge < -0.3 is 14.8 Å². The van der Waals surface area contributed by atoms with Gasteiger partial charge in [0.1, 0.15) is 11.5 Å². The van der Waals surface area contributed by atoms with Gasteiger partial charge in [0.05, 0.1) is 20.8 Å². The number of methoxy groups -OCH3 is 2. The fourth-order valence-electron chi connectivity index (χ4n) is 3.48. The zero-order valence-corrected chi connectivity index (χ0v) is 16.9. The Morgan fingerprint density at radius 1 is 1.00 bits per heavy atom. The molecule has 0 spiro atoms. The second kappa shape index (κ2) is 9.57. The summed E-state index contributed by atoms with van der Waals surface area (Å²) in [5, 5.41) is 2.95. The van der Waals surface area contributed by atoms with E-state index in [0.717, 1.165) is 49.9 Å². The van der Waals surface area contributed by atoms with Crippen LogP contribution in [0.4, 0.5) is 5.69 Å². The predicted octanol–water partition coefficient (Wildman–Crippen LogP) is 2.77. The number of hydrogen-bond acceptors (Lipinski definition) is 5. The molecular formula is C22H29N3O3. The second-order valence-corrected chi connectivity index (χ2v) is 7.15. The Morgan fingerprint density at radius 3 is 2.46 bits per heavy atom. The third-order valence-electron chi connectivity index (χ3n) is 5.02. The smallest absolute Gasteiger partial charge is 0.238 e. The number of carbonyl (C=O) groups is 1. The van der Waals surface area contributed by atoms with E-state index in [1.165, 1.54) is 11.1 Å². The fraction of sp³-hybridized carbons (Fsp3) is 0.409. The molecule has 1 saturated heterocycles. The number of ether oxygens (including phenoxy) is 2. The van der Waals surface area contributed by atoms with Crippen LogP contribution in [0.3, 0.4) is 0 Å². The van der Waals surface area contributed by atoms with Crippen LogP contribution >= 0.6 is 0 Å². The quantitative estimate of drug-likeness (QED) is 0.797. The number of hydrogen-bond donors (Lipinski definition) is 1. The molecule has 1 aliphatic rings. The summed E-state index contributed by atoms with van der Waals surface area (Å²) >= 11 is 0. The van der Waals surface area contributed by atoms with Crippen molar-refractivity contribution in [3.63, 3.8) is 0 Å². The molecule has 0 radical (unpaired) electrons. The highest BCUT2D eigenvalue weighted by Crippen LogP contribution is 2.22. The van der Waals surface area contributed by atoms with Gasteiger partial charge in [0.2, 0.25) is 5.91 Å². The second-order valence-electron chi connectivity index (χ2n) is 7.15. The van der Waals surface area contributed by atoms with Crippen LogP contribution in [-0.4, -0.2) is 62.7 Å². The molecule has 150 valence electrons. The highest BCUT2D eigenvalue weighted by atomic mass is 16.5. The van der Waals surface area contributed by atoms with E-state index in [9.17, 15) is 4.79 Å². The summed E-state index contributed by atoms with van der Waals surface area (Å²) in [6.45, 7) is 6.99. The first-order valence-corrected chi connectivity index (χ1v) is 9.59. The summed E-state index contributed by atoms with van der Waals surface area (Å²) in [5.74, 6) is 1.67. The lowest BCUT2D eigenvalue weighted by molar-refractivity contribution is -0.117. The van der Waals surface area contributed by atoms with Gasteiger partial charge in [-0.2, -0.15) is 0 Å². The highest BCUT2D eigenvalue weighted by Gasteiger charge is 2.20. The standard InChI is InChI=1S/C22H29N3O3/c1-17-7-8-21(28-3)18(13-17)15-24-9-11-25(12-10-24)16-22(26)23-19-5-4-6-20(14-19)27-2/h4-8,13-14H,9-12,15-16H2,1-3H3,(H,23,26). The maximum Gasteiger partial charge on any atom is 0.238 e. The van der Waals surface area contributed by atoms with Gasteiger partial charge in [-0.1, -0.05) is 23.8 Å². The number of nitrogens with zero attached hydrogens (tertiary/aromatic N) is 2. The predicted molar refractivity (Wildman–Crippen MR) is 111 cm³/mol. The monoisotopic (exact) mass is 383 g/mol. The van der Waals surface area contributed by atoms with Gasteiger partial charge in [-0.05, 0) is 25.1 Å². The Balaban J connectivity index is 1.47. The summed E-state index contributed by atoms with van der Waals surface area (Å²) in [6.07, 6.45) is 0. The molecular weight excluding hydrogens is 354 g/mol. The first-order chi connectivity index (χ1) is 13.6. The third-order valence-corrected chi connectivity index (χ3v) is 5.02. The Bertz CT molecular complexity index is 801. The van der Waals surface area contributed by atoms with Crippen molar-refractivity contribution in [2.45, 2.75) is 13.5 Å². The largest absolute Gasteiger partial charge is 0.497 e. The van der Waals surface area contributed by atoms with E-state index in [1.807, 2.05) is 30.3 Å². The molecule has 28 heavy (non-hydrogen) atoms. The number of carbonyl (C=O) groups excluding carboxylic acids is 1. The summed E-state index contributed by atoms with van der Waals surface area (Å²) in [7, 11) is 3.33. The van der Waals surface area contributed by atoms with Crippen molar-refractivity contribution in [3.8, 4) is 11.5 Å². The Kier molecular flexibility index (Phi) is 6.90. The average molecular weight is 383 g/mol. The Morgan fingerprint density at radius 2 is 1.75 bits per heavy atom. The number of rotatable bonds is 7. The lowest BCUT2D eigenvalue weighted by atomic mass is 10.1. The number of nitrogens with one attached hydrogen (secondary N) is 1. The lowest BCUT2D eigenvalue weighted by Crippen LogP contribution is -2.48.